The van der Waals surface area contributed by atoms with Gasteiger partial charge in [-0.1, -0.05) is 0 Å². The second kappa shape index (κ2) is 6.19. The van der Waals surface area contributed by atoms with E-state index in [1.54, 1.807) is 6.07 Å². The standard InChI is InChI=1S/C20H19FN6O/c1-9-4-10(2)25-11(3)18(9)27-20(23)13(8-24-27)19(28)17-6-12-5-14(21)15(22)7-16(12)26-17/h4-8,26H,22-23H2,1-3H3. The van der Waals surface area contributed by atoms with E-state index in [2.05, 4.69) is 15.1 Å². The monoisotopic (exact) mass is 378 g/mol. The van der Waals surface area contributed by atoms with Crippen molar-refractivity contribution in [1.82, 2.24) is 19.7 Å². The van der Waals surface area contributed by atoms with Crippen molar-refractivity contribution in [3.63, 3.8) is 0 Å². The zero-order valence-electron chi connectivity index (χ0n) is 15.7. The molecular weight excluding hydrogens is 359 g/mol. The molecule has 3 aromatic heterocycles. The Balaban J connectivity index is 1.78. The summed E-state index contributed by atoms with van der Waals surface area (Å²) in [6.45, 7) is 5.72. The number of ketones is 1. The van der Waals surface area contributed by atoms with Crippen molar-refractivity contribution in [2.24, 2.45) is 0 Å². The highest BCUT2D eigenvalue weighted by atomic mass is 19.1. The third-order valence-corrected chi connectivity index (χ3v) is 4.73. The molecule has 142 valence electrons. The van der Waals surface area contributed by atoms with Crippen molar-refractivity contribution in [3.05, 3.63) is 64.5 Å². The summed E-state index contributed by atoms with van der Waals surface area (Å²) in [5, 5.41) is 4.85. The number of nitrogen functional groups attached to an aromatic ring is 2. The highest BCUT2D eigenvalue weighted by Gasteiger charge is 2.21. The lowest BCUT2D eigenvalue weighted by Gasteiger charge is -2.12. The quantitative estimate of drug-likeness (QED) is 0.374. The van der Waals surface area contributed by atoms with Crippen LogP contribution in [-0.2, 0) is 0 Å². The van der Waals surface area contributed by atoms with Gasteiger partial charge in [0.25, 0.3) is 0 Å². The van der Waals surface area contributed by atoms with Crippen molar-refractivity contribution in [1.29, 1.82) is 0 Å². The van der Waals surface area contributed by atoms with Gasteiger partial charge in [-0.05, 0) is 50.6 Å². The molecule has 0 unspecified atom stereocenters. The first kappa shape index (κ1) is 17.7. The van der Waals surface area contributed by atoms with Crippen molar-refractivity contribution >= 4 is 28.2 Å². The highest BCUT2D eigenvalue weighted by molar-refractivity contribution is 6.12. The number of benzene rings is 1. The summed E-state index contributed by atoms with van der Waals surface area (Å²) in [6.07, 6.45) is 1.43. The number of pyridine rings is 1. The van der Waals surface area contributed by atoms with Crippen LogP contribution in [0.3, 0.4) is 0 Å². The molecule has 28 heavy (non-hydrogen) atoms. The number of nitrogens with one attached hydrogen (secondary N) is 1. The molecular formula is C20H19FN6O. The van der Waals surface area contributed by atoms with Gasteiger partial charge in [0.15, 0.2) is 0 Å². The number of rotatable bonds is 3. The lowest BCUT2D eigenvalue weighted by atomic mass is 10.1. The van der Waals surface area contributed by atoms with Crippen molar-refractivity contribution in [3.8, 4) is 5.69 Å². The van der Waals surface area contributed by atoms with Gasteiger partial charge in [-0.15, -0.1) is 0 Å². The smallest absolute Gasteiger partial charge is 0.214 e. The highest BCUT2D eigenvalue weighted by Crippen LogP contribution is 2.26. The molecule has 5 N–H and O–H groups in total. The Morgan fingerprint density at radius 1 is 1.14 bits per heavy atom. The fourth-order valence-corrected chi connectivity index (χ4v) is 3.49. The van der Waals surface area contributed by atoms with Crippen LogP contribution in [0.5, 0.6) is 0 Å². The normalized spacial score (nSPS) is 11.3. The van der Waals surface area contributed by atoms with Crippen LogP contribution in [-0.4, -0.2) is 25.5 Å². The molecule has 0 aliphatic carbocycles. The first-order chi connectivity index (χ1) is 13.3. The minimum atomic E-state index is -0.532. The van der Waals surface area contributed by atoms with Gasteiger partial charge in [0.1, 0.15) is 11.6 Å². The van der Waals surface area contributed by atoms with Crippen molar-refractivity contribution in [2.45, 2.75) is 20.8 Å². The van der Waals surface area contributed by atoms with Gasteiger partial charge in [0.2, 0.25) is 5.78 Å². The Hall–Kier alpha value is -3.68. The maximum atomic E-state index is 13.7. The molecule has 7 nitrogen and oxygen atoms in total. The Bertz CT molecular complexity index is 1190. The molecule has 4 aromatic rings. The van der Waals surface area contributed by atoms with Crippen LogP contribution in [0.2, 0.25) is 0 Å². The number of aromatic nitrogens is 4. The van der Waals surface area contributed by atoms with Crippen LogP contribution in [0.4, 0.5) is 15.9 Å². The van der Waals surface area contributed by atoms with E-state index in [9.17, 15) is 9.18 Å². The second-order valence-electron chi connectivity index (χ2n) is 6.84. The van der Waals surface area contributed by atoms with Gasteiger partial charge in [-0.2, -0.15) is 5.10 Å². The molecule has 0 aliphatic heterocycles. The third kappa shape index (κ3) is 2.70. The average Bonchev–Trinajstić information content (AvgIpc) is 3.18. The number of H-pyrrole nitrogens is 1. The Labute approximate surface area is 160 Å². The Morgan fingerprint density at radius 2 is 1.89 bits per heavy atom. The van der Waals surface area contributed by atoms with E-state index in [0.717, 1.165) is 22.6 Å². The van der Waals surface area contributed by atoms with Crippen molar-refractivity contribution in [2.75, 3.05) is 11.5 Å². The number of nitrogens with zero attached hydrogens (tertiary/aromatic N) is 3. The van der Waals surface area contributed by atoms with Crippen LogP contribution < -0.4 is 11.5 Å². The first-order valence-electron chi connectivity index (χ1n) is 8.67. The molecule has 0 fully saturated rings. The van der Waals surface area contributed by atoms with E-state index in [0.29, 0.717) is 10.9 Å². The van der Waals surface area contributed by atoms with Crippen LogP contribution in [0.15, 0.2) is 30.5 Å². The predicted molar refractivity (Wildman–Crippen MR) is 106 cm³/mol. The molecule has 3 heterocycles. The summed E-state index contributed by atoms with van der Waals surface area (Å²) >= 11 is 0. The number of halogens is 1. The van der Waals surface area contributed by atoms with Gasteiger partial charge in [-0.25, -0.2) is 9.07 Å². The molecule has 0 saturated heterocycles. The van der Waals surface area contributed by atoms with Crippen LogP contribution in [0, 0.1) is 26.6 Å². The molecule has 8 heteroatoms. The molecule has 0 bridgehead atoms. The van der Waals surface area contributed by atoms with Crippen molar-refractivity contribution < 1.29 is 9.18 Å². The number of carbonyl (C=O) groups excluding carboxylic acids is 1. The van der Waals surface area contributed by atoms with Gasteiger partial charge in [-0.3, -0.25) is 9.78 Å². The molecule has 1 aromatic carbocycles. The summed E-state index contributed by atoms with van der Waals surface area (Å²) in [4.78, 5) is 20.4. The van der Waals surface area contributed by atoms with Crippen LogP contribution in [0.25, 0.3) is 16.6 Å². The molecule has 0 aliphatic rings. The van der Waals surface area contributed by atoms with Gasteiger partial charge < -0.3 is 16.5 Å². The second-order valence-corrected chi connectivity index (χ2v) is 6.84. The lowest BCUT2D eigenvalue weighted by Crippen LogP contribution is -2.10. The van der Waals surface area contributed by atoms with E-state index in [1.165, 1.54) is 23.0 Å². The van der Waals surface area contributed by atoms with Gasteiger partial charge in [0, 0.05) is 16.6 Å². The lowest BCUT2D eigenvalue weighted by molar-refractivity contribution is 0.103. The number of anilines is 2. The summed E-state index contributed by atoms with van der Waals surface area (Å²) in [6, 6.07) is 6.25. The van der Waals surface area contributed by atoms with Gasteiger partial charge >= 0.3 is 0 Å². The van der Waals surface area contributed by atoms with E-state index in [4.69, 9.17) is 11.5 Å². The van der Waals surface area contributed by atoms with E-state index < -0.39 is 5.82 Å². The minimum absolute atomic E-state index is 0.0125. The number of fused-ring (bicyclic) bond motifs is 1. The maximum absolute atomic E-state index is 13.7. The largest absolute Gasteiger partial charge is 0.396 e. The number of nitrogens with two attached hydrogens (primary N) is 2. The predicted octanol–water partition coefficient (Wildman–Crippen LogP) is 3.21. The third-order valence-electron chi connectivity index (χ3n) is 4.73. The number of carbonyl (C=O) groups is 1. The maximum Gasteiger partial charge on any atom is 0.214 e. The van der Waals surface area contributed by atoms with E-state index >= 15 is 0 Å². The summed E-state index contributed by atoms with van der Waals surface area (Å²) in [5.74, 6) is -0.656. The summed E-state index contributed by atoms with van der Waals surface area (Å²) < 4.78 is 15.2. The fourth-order valence-electron chi connectivity index (χ4n) is 3.49. The fraction of sp³-hybridized carbons (Fsp3) is 0.150. The molecule has 0 saturated carbocycles. The summed E-state index contributed by atoms with van der Waals surface area (Å²) in [5.41, 5.74) is 16.3. The molecule has 0 amide bonds. The molecule has 0 atom stereocenters. The molecule has 4 rings (SSSR count). The number of aromatic amines is 1. The topological polar surface area (TPSA) is 116 Å². The number of hydrogen-bond acceptors (Lipinski definition) is 5. The SMILES string of the molecule is Cc1cc(C)c(-n2ncc(C(=O)c3cc4cc(F)c(N)cc4[nH]3)c2N)c(C)n1. The molecule has 0 radical (unpaired) electrons. The Kier molecular flexibility index (Phi) is 3.92. The zero-order valence-corrected chi connectivity index (χ0v) is 15.7. The Morgan fingerprint density at radius 3 is 2.61 bits per heavy atom. The van der Waals surface area contributed by atoms with Gasteiger partial charge in [0.05, 0.1) is 34.5 Å². The zero-order chi connectivity index (χ0) is 20.2. The van der Waals surface area contributed by atoms with E-state index in [1.807, 2.05) is 26.8 Å². The summed E-state index contributed by atoms with van der Waals surface area (Å²) in [7, 11) is 0. The molecule has 0 spiro atoms. The van der Waals surface area contributed by atoms with Crippen LogP contribution >= 0.6 is 0 Å². The minimum Gasteiger partial charge on any atom is -0.396 e. The van der Waals surface area contributed by atoms with E-state index in [-0.39, 0.29) is 28.5 Å². The number of aryl methyl sites for hydroxylation is 3. The average molecular weight is 378 g/mol. The van der Waals surface area contributed by atoms with Crippen LogP contribution in [0.1, 0.15) is 33.0 Å². The first-order valence-corrected chi connectivity index (χ1v) is 8.67. The number of hydrogen-bond donors (Lipinski definition) is 3.